The monoisotopic (exact) mass is 238 g/mol. The van der Waals surface area contributed by atoms with Gasteiger partial charge in [0, 0.05) is 26.7 Å². The molecular weight excluding hydrogens is 216 g/mol. The number of ether oxygens (including phenoxy) is 1. The van der Waals surface area contributed by atoms with Crippen LogP contribution in [0.25, 0.3) is 0 Å². The fraction of sp³-hybridized carbons (Fsp3) is 0.769. The van der Waals surface area contributed by atoms with E-state index in [1.807, 2.05) is 4.90 Å². The second-order valence-corrected chi connectivity index (χ2v) is 4.77. The van der Waals surface area contributed by atoms with Gasteiger partial charge in [-0.3, -0.25) is 0 Å². The summed E-state index contributed by atoms with van der Waals surface area (Å²) in [7, 11) is 1.64. The molecule has 0 aromatic heterocycles. The second-order valence-electron chi connectivity index (χ2n) is 4.77. The number of rotatable bonds is 3. The molecule has 0 bridgehead atoms. The van der Waals surface area contributed by atoms with E-state index in [1.165, 1.54) is 19.3 Å². The van der Waals surface area contributed by atoms with Gasteiger partial charge in [-0.15, -0.1) is 0 Å². The fourth-order valence-corrected chi connectivity index (χ4v) is 2.41. The molecule has 0 spiro atoms. The Balaban J connectivity index is 1.72. The highest BCUT2D eigenvalue weighted by Gasteiger charge is 2.22. The number of hydrogen-bond donors (Lipinski definition) is 1. The molecule has 1 N–H and O–H groups in total. The van der Waals surface area contributed by atoms with Crippen molar-refractivity contribution in [3.63, 3.8) is 0 Å². The van der Waals surface area contributed by atoms with E-state index in [2.05, 4.69) is 5.32 Å². The molecule has 0 unspecified atom stereocenters. The van der Waals surface area contributed by atoms with Crippen molar-refractivity contribution in [2.75, 3.05) is 33.4 Å². The Bertz CT molecular complexity index is 297. The Morgan fingerprint density at radius 2 is 1.88 bits per heavy atom. The molecule has 96 valence electrons. The van der Waals surface area contributed by atoms with Gasteiger partial charge in [-0.05, 0) is 32.1 Å². The van der Waals surface area contributed by atoms with Gasteiger partial charge in [-0.25, -0.2) is 4.79 Å². The standard InChI is InChI=1S/C13H22N2O2/c1-17-10-7-14-13(16)15-8-5-12(6-9-15)11-3-2-4-11/h2-10H2,1H3,(H,14,16). The smallest absolute Gasteiger partial charge is 0.317 e. The van der Waals surface area contributed by atoms with Gasteiger partial charge in [0.1, 0.15) is 0 Å². The van der Waals surface area contributed by atoms with E-state index >= 15 is 0 Å². The van der Waals surface area contributed by atoms with E-state index in [-0.39, 0.29) is 6.03 Å². The van der Waals surface area contributed by atoms with Crippen LogP contribution in [0, 0.1) is 0 Å². The van der Waals surface area contributed by atoms with Crippen molar-refractivity contribution in [3.05, 3.63) is 11.1 Å². The van der Waals surface area contributed by atoms with Crippen molar-refractivity contribution in [2.24, 2.45) is 0 Å². The summed E-state index contributed by atoms with van der Waals surface area (Å²) < 4.78 is 4.91. The van der Waals surface area contributed by atoms with Crippen molar-refractivity contribution in [1.82, 2.24) is 10.2 Å². The zero-order valence-electron chi connectivity index (χ0n) is 10.6. The Labute approximate surface area is 103 Å². The minimum atomic E-state index is 0.0553. The minimum Gasteiger partial charge on any atom is -0.383 e. The first-order valence-corrected chi connectivity index (χ1v) is 6.52. The highest BCUT2D eigenvalue weighted by molar-refractivity contribution is 5.74. The molecule has 4 heteroatoms. The molecule has 2 fully saturated rings. The molecular formula is C13H22N2O2. The highest BCUT2D eigenvalue weighted by atomic mass is 16.5. The number of carbonyl (C=O) groups is 1. The summed E-state index contributed by atoms with van der Waals surface area (Å²) in [6.07, 6.45) is 6.12. The topological polar surface area (TPSA) is 41.6 Å². The average Bonchev–Trinajstić information content (AvgIpc) is 2.28. The van der Waals surface area contributed by atoms with Crippen molar-refractivity contribution in [1.29, 1.82) is 0 Å². The zero-order chi connectivity index (χ0) is 12.1. The second kappa shape index (κ2) is 6.05. The van der Waals surface area contributed by atoms with Crippen LogP contribution in [0.3, 0.4) is 0 Å². The van der Waals surface area contributed by atoms with Crippen LogP contribution in [0.4, 0.5) is 4.79 Å². The molecule has 1 saturated carbocycles. The van der Waals surface area contributed by atoms with Gasteiger partial charge < -0.3 is 15.0 Å². The van der Waals surface area contributed by atoms with Crippen LogP contribution in [-0.2, 0) is 4.74 Å². The lowest BCUT2D eigenvalue weighted by Crippen LogP contribution is -2.44. The SMILES string of the molecule is COCCNC(=O)N1CCC(=C2CCC2)CC1. The molecule has 0 atom stereocenters. The number of hydrogen-bond acceptors (Lipinski definition) is 2. The number of methoxy groups -OCH3 is 1. The Morgan fingerprint density at radius 3 is 2.41 bits per heavy atom. The molecule has 1 aliphatic heterocycles. The number of amides is 2. The number of piperidine rings is 1. The van der Waals surface area contributed by atoms with E-state index in [4.69, 9.17) is 4.74 Å². The molecule has 0 aromatic rings. The summed E-state index contributed by atoms with van der Waals surface area (Å²) in [5.74, 6) is 0. The van der Waals surface area contributed by atoms with Crippen molar-refractivity contribution < 1.29 is 9.53 Å². The highest BCUT2D eigenvalue weighted by Crippen LogP contribution is 2.33. The van der Waals surface area contributed by atoms with Gasteiger partial charge in [0.25, 0.3) is 0 Å². The molecule has 0 aromatic carbocycles. The van der Waals surface area contributed by atoms with Crippen LogP contribution in [0.1, 0.15) is 32.1 Å². The van der Waals surface area contributed by atoms with E-state index in [0.717, 1.165) is 25.9 Å². The third kappa shape index (κ3) is 3.22. The first-order valence-electron chi connectivity index (χ1n) is 6.52. The van der Waals surface area contributed by atoms with Crippen molar-refractivity contribution in [2.45, 2.75) is 32.1 Å². The minimum absolute atomic E-state index is 0.0553. The molecule has 2 amide bonds. The maximum atomic E-state index is 11.8. The van der Waals surface area contributed by atoms with Crippen LogP contribution < -0.4 is 5.32 Å². The summed E-state index contributed by atoms with van der Waals surface area (Å²) in [6, 6.07) is 0.0553. The molecule has 1 heterocycles. The molecule has 17 heavy (non-hydrogen) atoms. The van der Waals surface area contributed by atoms with E-state index < -0.39 is 0 Å². The molecule has 1 aliphatic carbocycles. The zero-order valence-corrected chi connectivity index (χ0v) is 10.6. The number of carbonyl (C=O) groups excluding carboxylic acids is 1. The lowest BCUT2D eigenvalue weighted by Gasteiger charge is -2.32. The average molecular weight is 238 g/mol. The summed E-state index contributed by atoms with van der Waals surface area (Å²) in [5, 5.41) is 2.87. The van der Waals surface area contributed by atoms with Gasteiger partial charge in [0.05, 0.1) is 6.61 Å². The van der Waals surface area contributed by atoms with E-state index in [1.54, 1.807) is 18.3 Å². The lowest BCUT2D eigenvalue weighted by atomic mass is 9.84. The number of nitrogens with zero attached hydrogens (tertiary/aromatic N) is 1. The Kier molecular flexibility index (Phi) is 4.42. The van der Waals surface area contributed by atoms with Crippen molar-refractivity contribution >= 4 is 6.03 Å². The van der Waals surface area contributed by atoms with Crippen molar-refractivity contribution in [3.8, 4) is 0 Å². The quantitative estimate of drug-likeness (QED) is 0.603. The first kappa shape index (κ1) is 12.4. The summed E-state index contributed by atoms with van der Waals surface area (Å²) in [5.41, 5.74) is 3.29. The predicted octanol–water partition coefficient (Wildman–Crippen LogP) is 1.92. The third-order valence-electron chi connectivity index (χ3n) is 3.69. The Hall–Kier alpha value is -1.03. The van der Waals surface area contributed by atoms with Crippen LogP contribution >= 0.6 is 0 Å². The van der Waals surface area contributed by atoms with Crippen LogP contribution in [0.15, 0.2) is 11.1 Å². The van der Waals surface area contributed by atoms with Crippen LogP contribution in [0.5, 0.6) is 0 Å². The number of allylic oxidation sites excluding steroid dienone is 1. The summed E-state index contributed by atoms with van der Waals surface area (Å²) in [6.45, 7) is 2.92. The van der Waals surface area contributed by atoms with Crippen LogP contribution in [-0.4, -0.2) is 44.3 Å². The fourth-order valence-electron chi connectivity index (χ4n) is 2.41. The predicted molar refractivity (Wildman–Crippen MR) is 67.0 cm³/mol. The Morgan fingerprint density at radius 1 is 1.24 bits per heavy atom. The van der Waals surface area contributed by atoms with Gasteiger partial charge in [-0.2, -0.15) is 0 Å². The van der Waals surface area contributed by atoms with Gasteiger partial charge in [0.2, 0.25) is 0 Å². The molecule has 2 aliphatic rings. The molecule has 0 radical (unpaired) electrons. The maximum Gasteiger partial charge on any atom is 0.317 e. The molecule has 4 nitrogen and oxygen atoms in total. The number of nitrogens with one attached hydrogen (secondary N) is 1. The van der Waals surface area contributed by atoms with Crippen LogP contribution in [0.2, 0.25) is 0 Å². The lowest BCUT2D eigenvalue weighted by molar-refractivity contribution is 0.177. The molecule has 1 saturated heterocycles. The summed E-state index contributed by atoms with van der Waals surface area (Å²) in [4.78, 5) is 13.7. The van der Waals surface area contributed by atoms with Gasteiger partial charge >= 0.3 is 6.03 Å². The van der Waals surface area contributed by atoms with E-state index in [0.29, 0.717) is 13.2 Å². The molecule has 2 rings (SSSR count). The van der Waals surface area contributed by atoms with E-state index in [9.17, 15) is 4.79 Å². The number of urea groups is 1. The summed E-state index contributed by atoms with van der Waals surface area (Å²) >= 11 is 0. The van der Waals surface area contributed by atoms with Gasteiger partial charge in [0.15, 0.2) is 0 Å². The normalized spacial score (nSPS) is 20.2. The number of likely N-dealkylation sites (tertiary alicyclic amines) is 1. The first-order chi connectivity index (χ1) is 8.31. The van der Waals surface area contributed by atoms with Gasteiger partial charge in [-0.1, -0.05) is 11.1 Å². The third-order valence-corrected chi connectivity index (χ3v) is 3.69. The maximum absolute atomic E-state index is 11.8. The largest absolute Gasteiger partial charge is 0.383 e.